The van der Waals surface area contributed by atoms with E-state index in [1.165, 1.54) is 0 Å². The van der Waals surface area contributed by atoms with Gasteiger partial charge in [-0.25, -0.2) is 0 Å². The maximum atomic E-state index is 10.3. The second kappa shape index (κ2) is 7.49. The fraction of sp³-hybridized carbons (Fsp3) is 0.368. The van der Waals surface area contributed by atoms with Gasteiger partial charge in [-0.15, -0.1) is 0 Å². The van der Waals surface area contributed by atoms with Crippen LogP contribution in [0.1, 0.15) is 30.0 Å². The van der Waals surface area contributed by atoms with Crippen molar-refractivity contribution in [1.82, 2.24) is 0 Å². The molecule has 0 aliphatic carbocycles. The van der Waals surface area contributed by atoms with Gasteiger partial charge >= 0.3 is 0 Å². The smallest absolute Gasteiger partial charge is 0.124 e. The van der Waals surface area contributed by atoms with E-state index in [9.17, 15) is 5.11 Å². The molecule has 1 heterocycles. The second-order valence-electron chi connectivity index (χ2n) is 5.97. The second-order valence-corrected chi connectivity index (χ2v) is 5.97. The minimum Gasteiger partial charge on any atom is -0.507 e. The lowest BCUT2D eigenvalue weighted by atomic mass is 9.87. The summed E-state index contributed by atoms with van der Waals surface area (Å²) in [6.45, 7) is 1.97. The van der Waals surface area contributed by atoms with Gasteiger partial charge in [0.05, 0.1) is 0 Å². The Labute approximate surface area is 136 Å². The Morgan fingerprint density at radius 3 is 2.57 bits per heavy atom. The van der Waals surface area contributed by atoms with Crippen LogP contribution >= 0.6 is 0 Å². The first-order valence-electron chi connectivity index (χ1n) is 8.07. The number of ether oxygens (including phenoxy) is 2. The van der Waals surface area contributed by atoms with Gasteiger partial charge in [0.2, 0.25) is 0 Å². The lowest BCUT2D eigenvalue weighted by Crippen LogP contribution is -2.27. The summed E-state index contributed by atoms with van der Waals surface area (Å²) in [4.78, 5) is 0. The molecule has 4 heteroatoms. The molecular formula is C19H23NO3. The quantitative estimate of drug-likeness (QED) is 0.888. The predicted molar refractivity (Wildman–Crippen MR) is 89.4 cm³/mol. The van der Waals surface area contributed by atoms with Gasteiger partial charge in [-0.3, -0.25) is 0 Å². The summed E-state index contributed by atoms with van der Waals surface area (Å²) in [6, 6.07) is 15.2. The highest BCUT2D eigenvalue weighted by Crippen LogP contribution is 2.34. The van der Waals surface area contributed by atoms with Crippen molar-refractivity contribution in [1.29, 1.82) is 0 Å². The Hall–Kier alpha value is -2.04. The zero-order valence-corrected chi connectivity index (χ0v) is 13.2. The molecule has 1 fully saturated rings. The molecule has 0 spiro atoms. The highest BCUT2D eigenvalue weighted by molar-refractivity contribution is 5.41. The first kappa shape index (κ1) is 15.8. The Bertz CT molecular complexity index is 624. The summed E-state index contributed by atoms with van der Waals surface area (Å²) in [5.41, 5.74) is 8.20. The van der Waals surface area contributed by atoms with Crippen molar-refractivity contribution in [2.75, 3.05) is 13.2 Å². The number of rotatable bonds is 5. The van der Waals surface area contributed by atoms with Gasteiger partial charge < -0.3 is 20.3 Å². The maximum Gasteiger partial charge on any atom is 0.124 e. The van der Waals surface area contributed by atoms with E-state index in [1.54, 1.807) is 6.07 Å². The van der Waals surface area contributed by atoms with Crippen molar-refractivity contribution in [3.05, 3.63) is 59.7 Å². The van der Waals surface area contributed by atoms with Crippen LogP contribution < -0.4 is 10.5 Å². The molecule has 0 radical (unpaired) electrons. The first-order valence-corrected chi connectivity index (χ1v) is 8.07. The topological polar surface area (TPSA) is 64.7 Å². The van der Waals surface area contributed by atoms with Gasteiger partial charge in [0.15, 0.2) is 0 Å². The molecule has 1 aliphatic heterocycles. The molecule has 0 aromatic heterocycles. The SMILES string of the molecule is N[C@H](c1ccc(OCc2ccccc2)cc1O)C1CCOCC1. The number of hydrogen-bond donors (Lipinski definition) is 2. The Balaban J connectivity index is 1.65. The van der Waals surface area contributed by atoms with Gasteiger partial charge in [-0.05, 0) is 30.4 Å². The average molecular weight is 313 g/mol. The summed E-state index contributed by atoms with van der Waals surface area (Å²) in [5.74, 6) is 1.20. The van der Waals surface area contributed by atoms with E-state index in [0.717, 1.165) is 37.2 Å². The largest absolute Gasteiger partial charge is 0.507 e. The van der Waals surface area contributed by atoms with Crippen LogP contribution in [-0.2, 0) is 11.3 Å². The molecule has 0 unspecified atom stereocenters. The summed E-state index contributed by atoms with van der Waals surface area (Å²) in [6.07, 6.45) is 1.87. The number of benzene rings is 2. The zero-order valence-electron chi connectivity index (χ0n) is 13.2. The van der Waals surface area contributed by atoms with E-state index in [0.29, 0.717) is 18.3 Å². The van der Waals surface area contributed by atoms with E-state index in [4.69, 9.17) is 15.2 Å². The van der Waals surface area contributed by atoms with Crippen LogP contribution in [0.2, 0.25) is 0 Å². The van der Waals surface area contributed by atoms with Crippen molar-refractivity contribution in [3.8, 4) is 11.5 Å². The van der Waals surface area contributed by atoms with Crippen molar-refractivity contribution < 1.29 is 14.6 Å². The molecule has 122 valence electrons. The van der Waals surface area contributed by atoms with Gasteiger partial charge in [0.1, 0.15) is 18.1 Å². The first-order chi connectivity index (χ1) is 11.2. The third kappa shape index (κ3) is 4.03. The van der Waals surface area contributed by atoms with E-state index in [2.05, 4.69) is 0 Å². The van der Waals surface area contributed by atoms with Crippen LogP contribution in [0.15, 0.2) is 48.5 Å². The normalized spacial score (nSPS) is 16.9. The zero-order chi connectivity index (χ0) is 16.1. The highest BCUT2D eigenvalue weighted by Gasteiger charge is 2.24. The number of aromatic hydroxyl groups is 1. The maximum absolute atomic E-state index is 10.3. The van der Waals surface area contributed by atoms with Gasteiger partial charge in [0, 0.05) is 30.9 Å². The van der Waals surface area contributed by atoms with Crippen LogP contribution in [0.3, 0.4) is 0 Å². The van der Waals surface area contributed by atoms with E-state index >= 15 is 0 Å². The number of nitrogens with two attached hydrogens (primary N) is 1. The number of hydrogen-bond acceptors (Lipinski definition) is 4. The molecule has 1 atom stereocenters. The van der Waals surface area contributed by atoms with Crippen molar-refractivity contribution in [2.24, 2.45) is 11.7 Å². The van der Waals surface area contributed by atoms with Crippen molar-refractivity contribution >= 4 is 0 Å². The number of phenolic OH excluding ortho intramolecular Hbond substituents is 1. The third-order valence-corrected chi connectivity index (χ3v) is 4.38. The third-order valence-electron chi connectivity index (χ3n) is 4.38. The Kier molecular flexibility index (Phi) is 5.16. The fourth-order valence-electron chi connectivity index (χ4n) is 2.96. The molecule has 0 saturated carbocycles. The van der Waals surface area contributed by atoms with Crippen LogP contribution in [0.5, 0.6) is 11.5 Å². The lowest BCUT2D eigenvalue weighted by molar-refractivity contribution is 0.0581. The Morgan fingerprint density at radius 2 is 1.87 bits per heavy atom. The minimum absolute atomic E-state index is 0.165. The molecule has 0 bridgehead atoms. The molecule has 3 rings (SSSR count). The average Bonchev–Trinajstić information content (AvgIpc) is 2.61. The summed E-state index contributed by atoms with van der Waals surface area (Å²) < 4.78 is 11.1. The van der Waals surface area contributed by atoms with Gasteiger partial charge in [-0.1, -0.05) is 36.4 Å². The van der Waals surface area contributed by atoms with E-state index in [1.807, 2.05) is 42.5 Å². The molecule has 0 amide bonds. The summed E-state index contributed by atoms with van der Waals surface area (Å²) in [7, 11) is 0. The molecule has 4 nitrogen and oxygen atoms in total. The van der Waals surface area contributed by atoms with Gasteiger partial charge in [0.25, 0.3) is 0 Å². The van der Waals surface area contributed by atoms with Crippen LogP contribution in [0.25, 0.3) is 0 Å². The summed E-state index contributed by atoms with van der Waals surface area (Å²) in [5, 5.41) is 10.3. The highest BCUT2D eigenvalue weighted by atomic mass is 16.5. The monoisotopic (exact) mass is 313 g/mol. The van der Waals surface area contributed by atoms with E-state index in [-0.39, 0.29) is 11.8 Å². The van der Waals surface area contributed by atoms with Crippen LogP contribution in [-0.4, -0.2) is 18.3 Å². The molecule has 2 aromatic rings. The minimum atomic E-state index is -0.165. The number of phenols is 1. The fourth-order valence-corrected chi connectivity index (χ4v) is 2.96. The summed E-state index contributed by atoms with van der Waals surface area (Å²) >= 11 is 0. The Morgan fingerprint density at radius 1 is 1.13 bits per heavy atom. The van der Waals surface area contributed by atoms with E-state index < -0.39 is 0 Å². The molecule has 23 heavy (non-hydrogen) atoms. The molecular weight excluding hydrogens is 290 g/mol. The van der Waals surface area contributed by atoms with Crippen LogP contribution in [0, 0.1) is 5.92 Å². The molecule has 2 aromatic carbocycles. The van der Waals surface area contributed by atoms with Crippen molar-refractivity contribution in [3.63, 3.8) is 0 Å². The van der Waals surface area contributed by atoms with Gasteiger partial charge in [-0.2, -0.15) is 0 Å². The predicted octanol–water partition coefficient (Wildman–Crippen LogP) is 3.40. The molecule has 1 saturated heterocycles. The standard InChI is InChI=1S/C19H23NO3/c20-19(15-8-10-22-11-9-15)17-7-6-16(12-18(17)21)23-13-14-4-2-1-3-5-14/h1-7,12,15,19,21H,8-11,13,20H2/t19-/m0/s1. The van der Waals surface area contributed by atoms with Crippen LogP contribution in [0.4, 0.5) is 0 Å². The van der Waals surface area contributed by atoms with Crippen molar-refractivity contribution in [2.45, 2.75) is 25.5 Å². The molecule has 1 aliphatic rings. The lowest BCUT2D eigenvalue weighted by Gasteiger charge is -2.28. The molecule has 3 N–H and O–H groups in total.